The molecule has 2 rings (SSSR count). The predicted octanol–water partition coefficient (Wildman–Crippen LogP) is 1.02. The predicted molar refractivity (Wildman–Crippen MR) is 42.0 cm³/mol. The molecule has 1 atom stereocenters. The van der Waals surface area contributed by atoms with Gasteiger partial charge >= 0.3 is 0 Å². The van der Waals surface area contributed by atoms with E-state index in [0.29, 0.717) is 5.92 Å². The minimum Gasteiger partial charge on any atom is -0.109 e. The van der Waals surface area contributed by atoms with Gasteiger partial charge in [-0.25, -0.2) is 0 Å². The van der Waals surface area contributed by atoms with Crippen molar-refractivity contribution in [3.05, 3.63) is 35.3 Å². The van der Waals surface area contributed by atoms with Gasteiger partial charge in [0.15, 0.2) is 0 Å². The van der Waals surface area contributed by atoms with Gasteiger partial charge in [-0.15, -0.1) is 5.47 Å². The zero-order chi connectivity index (χ0) is 6.27. The van der Waals surface area contributed by atoms with Crippen LogP contribution in [0.3, 0.4) is 0 Å². The van der Waals surface area contributed by atoms with Crippen molar-refractivity contribution in [3.63, 3.8) is 0 Å². The first-order chi connectivity index (χ1) is 4.36. The van der Waals surface area contributed by atoms with Crippen molar-refractivity contribution < 1.29 is 0 Å². The van der Waals surface area contributed by atoms with Crippen molar-refractivity contribution in [2.45, 2.75) is 6.42 Å². The Balaban J connectivity index is 2.35. The third kappa shape index (κ3) is 0.681. The van der Waals surface area contributed by atoms with Gasteiger partial charge in [-0.1, -0.05) is 29.9 Å². The lowest BCUT2D eigenvalue weighted by Gasteiger charge is -1.96. The van der Waals surface area contributed by atoms with Gasteiger partial charge in [0.2, 0.25) is 0 Å². The Labute approximate surface area is 56.4 Å². The van der Waals surface area contributed by atoms with E-state index in [0.717, 1.165) is 0 Å². The van der Waals surface area contributed by atoms with E-state index < -0.39 is 0 Å². The number of hydrogen-bond acceptors (Lipinski definition) is 0. The van der Waals surface area contributed by atoms with Crippen LogP contribution >= 0.6 is 0 Å². The van der Waals surface area contributed by atoms with E-state index in [2.05, 4.69) is 32.2 Å². The molecule has 0 aromatic carbocycles. The van der Waals surface area contributed by atoms with Crippen LogP contribution in [0.1, 0.15) is 6.42 Å². The highest BCUT2D eigenvalue weighted by Gasteiger charge is 2.17. The van der Waals surface area contributed by atoms with E-state index >= 15 is 0 Å². The van der Waals surface area contributed by atoms with Gasteiger partial charge in [-0.3, -0.25) is 0 Å². The molecule has 0 saturated carbocycles. The Bertz CT molecular complexity index is 221. The minimum absolute atomic E-state index is 0.671. The van der Waals surface area contributed by atoms with Crippen molar-refractivity contribution in [3.8, 4) is 0 Å². The maximum Gasteiger partial charge on any atom is 0.133 e. The van der Waals surface area contributed by atoms with Crippen LogP contribution in [-0.2, 0) is 0 Å². The summed E-state index contributed by atoms with van der Waals surface area (Å²) in [6.45, 7) is 0. The summed E-state index contributed by atoms with van der Waals surface area (Å²) in [5.74, 6) is 0.671. The first kappa shape index (κ1) is 5.10. The summed E-state index contributed by atoms with van der Waals surface area (Å²) in [6.07, 6.45) is 10.2. The third-order valence-corrected chi connectivity index (χ3v) is 2.00. The fourth-order valence-electron chi connectivity index (χ4n) is 1.56. The standard InChI is InChI=1S/C8H9B/c9-8-4-6-2-1-3-7(6)5-8/h1-4,6H,5,9H2. The van der Waals surface area contributed by atoms with Gasteiger partial charge in [0.1, 0.15) is 7.85 Å². The Kier molecular flexibility index (Phi) is 0.924. The molecule has 0 fully saturated rings. The SMILES string of the molecule is BC1=CC2C=CC=C2C1. The summed E-state index contributed by atoms with van der Waals surface area (Å²) >= 11 is 0. The molecule has 0 spiro atoms. The zero-order valence-electron chi connectivity index (χ0n) is 5.59. The average Bonchev–Trinajstić information content (AvgIpc) is 2.22. The molecule has 0 bridgehead atoms. The van der Waals surface area contributed by atoms with E-state index in [4.69, 9.17) is 0 Å². The molecule has 0 aliphatic heterocycles. The number of allylic oxidation sites excluding steroid dienone is 6. The van der Waals surface area contributed by atoms with E-state index in [9.17, 15) is 0 Å². The molecule has 44 valence electrons. The highest BCUT2D eigenvalue weighted by molar-refractivity contribution is 6.22. The van der Waals surface area contributed by atoms with Crippen molar-refractivity contribution in [1.82, 2.24) is 0 Å². The molecule has 1 unspecified atom stereocenters. The van der Waals surface area contributed by atoms with E-state index in [1.807, 2.05) is 0 Å². The largest absolute Gasteiger partial charge is 0.133 e. The molecule has 2 aliphatic rings. The maximum atomic E-state index is 2.34. The van der Waals surface area contributed by atoms with Gasteiger partial charge < -0.3 is 0 Å². The van der Waals surface area contributed by atoms with E-state index in [1.54, 1.807) is 5.57 Å². The Hall–Kier alpha value is -0.715. The van der Waals surface area contributed by atoms with Crippen LogP contribution in [0.2, 0.25) is 0 Å². The fraction of sp³-hybridized carbons (Fsp3) is 0.250. The monoisotopic (exact) mass is 116 g/mol. The van der Waals surface area contributed by atoms with Crippen LogP contribution in [0.4, 0.5) is 0 Å². The van der Waals surface area contributed by atoms with Crippen molar-refractivity contribution in [1.29, 1.82) is 0 Å². The normalized spacial score (nSPS) is 30.0. The first-order valence-corrected chi connectivity index (χ1v) is 3.41. The van der Waals surface area contributed by atoms with Crippen molar-refractivity contribution in [2.75, 3.05) is 0 Å². The lowest BCUT2D eigenvalue weighted by atomic mass is 9.95. The van der Waals surface area contributed by atoms with Gasteiger partial charge in [-0.05, 0) is 6.42 Å². The molecular weight excluding hydrogens is 107 g/mol. The van der Waals surface area contributed by atoms with Crippen LogP contribution in [0.15, 0.2) is 35.3 Å². The van der Waals surface area contributed by atoms with E-state index in [1.165, 1.54) is 11.9 Å². The molecule has 0 aromatic rings. The summed E-state index contributed by atoms with van der Waals surface area (Å²) in [4.78, 5) is 0. The molecule has 0 radical (unpaired) electrons. The molecule has 0 saturated heterocycles. The molecule has 0 amide bonds. The Morgan fingerprint density at radius 2 is 2.44 bits per heavy atom. The second-order valence-corrected chi connectivity index (χ2v) is 2.84. The highest BCUT2D eigenvalue weighted by Crippen LogP contribution is 2.32. The second kappa shape index (κ2) is 1.63. The highest BCUT2D eigenvalue weighted by atomic mass is 14.2. The molecule has 0 N–H and O–H groups in total. The Morgan fingerprint density at radius 1 is 1.56 bits per heavy atom. The van der Waals surface area contributed by atoms with Crippen LogP contribution in [0, 0.1) is 5.92 Å². The molecule has 2 aliphatic carbocycles. The number of rotatable bonds is 0. The average molecular weight is 116 g/mol. The first-order valence-electron chi connectivity index (χ1n) is 3.41. The quantitative estimate of drug-likeness (QED) is 0.414. The smallest absolute Gasteiger partial charge is 0.109 e. The lowest BCUT2D eigenvalue weighted by molar-refractivity contribution is 1.01. The topological polar surface area (TPSA) is 0 Å². The summed E-state index contributed by atoms with van der Waals surface area (Å²) in [5, 5.41) is 0. The zero-order valence-corrected chi connectivity index (χ0v) is 5.59. The molecule has 9 heavy (non-hydrogen) atoms. The summed E-state index contributed by atoms with van der Waals surface area (Å²) in [7, 11) is 2.20. The van der Waals surface area contributed by atoms with Gasteiger partial charge in [0, 0.05) is 5.92 Å². The summed E-state index contributed by atoms with van der Waals surface area (Å²) in [6, 6.07) is 0. The molecule has 0 aromatic heterocycles. The molecular formula is C8H9B. The molecule has 0 nitrogen and oxygen atoms in total. The van der Waals surface area contributed by atoms with E-state index in [-0.39, 0.29) is 0 Å². The van der Waals surface area contributed by atoms with Crippen molar-refractivity contribution in [2.24, 2.45) is 5.92 Å². The van der Waals surface area contributed by atoms with Crippen LogP contribution in [0.25, 0.3) is 0 Å². The van der Waals surface area contributed by atoms with Crippen molar-refractivity contribution >= 4 is 7.85 Å². The molecule has 1 heteroatoms. The van der Waals surface area contributed by atoms with Gasteiger partial charge in [0.05, 0.1) is 0 Å². The summed E-state index contributed by atoms with van der Waals surface area (Å²) < 4.78 is 0. The summed E-state index contributed by atoms with van der Waals surface area (Å²) in [5.41, 5.74) is 3.10. The van der Waals surface area contributed by atoms with Crippen LogP contribution < -0.4 is 0 Å². The van der Waals surface area contributed by atoms with Crippen LogP contribution in [0.5, 0.6) is 0 Å². The minimum atomic E-state index is 0.671. The molecule has 0 heterocycles. The van der Waals surface area contributed by atoms with Gasteiger partial charge in [-0.2, -0.15) is 0 Å². The Morgan fingerprint density at radius 3 is 3.22 bits per heavy atom. The maximum absolute atomic E-state index is 2.34. The van der Waals surface area contributed by atoms with Gasteiger partial charge in [0.25, 0.3) is 0 Å². The third-order valence-electron chi connectivity index (χ3n) is 2.00. The second-order valence-electron chi connectivity index (χ2n) is 2.84. The lowest BCUT2D eigenvalue weighted by Crippen LogP contribution is -1.83. The number of hydrogen-bond donors (Lipinski definition) is 0. The number of fused-ring (bicyclic) bond motifs is 1. The van der Waals surface area contributed by atoms with Crippen LogP contribution in [-0.4, -0.2) is 7.85 Å². The fourth-order valence-corrected chi connectivity index (χ4v) is 1.56.